The topological polar surface area (TPSA) is 40.1 Å². The van der Waals surface area contributed by atoms with Gasteiger partial charge in [0.1, 0.15) is 0 Å². The van der Waals surface area contributed by atoms with Gasteiger partial charge in [0.15, 0.2) is 5.96 Å². The molecule has 0 aliphatic carbocycles. The average molecular weight is 466 g/mol. The second-order valence-corrected chi connectivity index (χ2v) is 6.99. The minimum atomic E-state index is 0. The molecule has 2 aliphatic heterocycles. The average Bonchev–Trinajstić information content (AvgIpc) is 2.87. The highest BCUT2D eigenvalue weighted by molar-refractivity contribution is 14.0. The van der Waals surface area contributed by atoms with E-state index in [-0.39, 0.29) is 24.0 Å². The van der Waals surface area contributed by atoms with Crippen LogP contribution in [0.1, 0.15) is 58.8 Å². The molecule has 0 saturated carbocycles. The van der Waals surface area contributed by atoms with Gasteiger partial charge in [0.25, 0.3) is 0 Å². The van der Waals surface area contributed by atoms with Gasteiger partial charge in [0.2, 0.25) is 0 Å². The van der Waals surface area contributed by atoms with E-state index in [2.05, 4.69) is 29.0 Å². The smallest absolute Gasteiger partial charge is 0.193 e. The number of hydrogen-bond donors (Lipinski definition) is 1. The van der Waals surface area contributed by atoms with Gasteiger partial charge >= 0.3 is 0 Å². The van der Waals surface area contributed by atoms with Crippen LogP contribution in [0.3, 0.4) is 0 Å². The predicted molar refractivity (Wildman–Crippen MR) is 117 cm³/mol. The molecule has 0 amide bonds. The fraction of sp³-hybridized carbons (Fsp3) is 0.947. The molecular formula is C19H39IN4O. The monoisotopic (exact) mass is 466 g/mol. The lowest BCUT2D eigenvalue weighted by Crippen LogP contribution is -2.47. The summed E-state index contributed by atoms with van der Waals surface area (Å²) in [5.41, 5.74) is 0. The SMILES string of the molecule is CCNC(=NCCCN1CCCCCC1)N1CCC(OCC)CC1.I. The van der Waals surface area contributed by atoms with Crippen molar-refractivity contribution in [2.75, 3.05) is 52.4 Å². The maximum Gasteiger partial charge on any atom is 0.193 e. The summed E-state index contributed by atoms with van der Waals surface area (Å²) in [7, 11) is 0. The van der Waals surface area contributed by atoms with Crippen molar-refractivity contribution in [2.24, 2.45) is 4.99 Å². The zero-order chi connectivity index (χ0) is 17.0. The van der Waals surface area contributed by atoms with Gasteiger partial charge in [0, 0.05) is 32.8 Å². The number of rotatable bonds is 7. The van der Waals surface area contributed by atoms with Crippen LogP contribution in [0.2, 0.25) is 0 Å². The Morgan fingerprint density at radius 2 is 1.72 bits per heavy atom. The standard InChI is InChI=1S/C19H38N4O.HI/c1-3-20-19(23-16-10-18(11-17-23)24-4-2)21-12-9-15-22-13-7-5-6-8-14-22;/h18H,3-17H2,1-2H3,(H,20,21);1H. The van der Waals surface area contributed by atoms with Crippen LogP contribution in [0.25, 0.3) is 0 Å². The minimum Gasteiger partial charge on any atom is -0.378 e. The van der Waals surface area contributed by atoms with Crippen LogP contribution in [0.15, 0.2) is 4.99 Å². The first-order chi connectivity index (χ1) is 11.8. The summed E-state index contributed by atoms with van der Waals surface area (Å²) < 4.78 is 5.75. The second-order valence-electron chi connectivity index (χ2n) is 6.99. The van der Waals surface area contributed by atoms with E-state index in [4.69, 9.17) is 9.73 Å². The molecule has 2 fully saturated rings. The van der Waals surface area contributed by atoms with Gasteiger partial charge in [0.05, 0.1) is 6.10 Å². The second kappa shape index (κ2) is 14.0. The summed E-state index contributed by atoms with van der Waals surface area (Å²) in [5, 5.41) is 3.47. The third kappa shape index (κ3) is 8.91. The fourth-order valence-corrected chi connectivity index (χ4v) is 3.73. The Morgan fingerprint density at radius 3 is 2.32 bits per heavy atom. The van der Waals surface area contributed by atoms with Crippen LogP contribution in [0, 0.1) is 0 Å². The number of nitrogens with one attached hydrogen (secondary N) is 1. The van der Waals surface area contributed by atoms with E-state index < -0.39 is 0 Å². The Morgan fingerprint density at radius 1 is 1.04 bits per heavy atom. The van der Waals surface area contributed by atoms with E-state index >= 15 is 0 Å². The minimum absolute atomic E-state index is 0. The van der Waals surface area contributed by atoms with Crippen molar-refractivity contribution in [3.63, 3.8) is 0 Å². The highest BCUT2D eigenvalue weighted by Crippen LogP contribution is 2.14. The summed E-state index contributed by atoms with van der Waals surface area (Å²) in [6, 6.07) is 0. The lowest BCUT2D eigenvalue weighted by atomic mass is 10.1. The number of likely N-dealkylation sites (tertiary alicyclic amines) is 2. The number of nitrogens with zero attached hydrogens (tertiary/aromatic N) is 3. The fourth-order valence-electron chi connectivity index (χ4n) is 3.73. The molecule has 2 rings (SSSR count). The third-order valence-corrected chi connectivity index (χ3v) is 5.07. The molecule has 5 nitrogen and oxygen atoms in total. The molecule has 2 aliphatic rings. The molecule has 2 saturated heterocycles. The van der Waals surface area contributed by atoms with Crippen LogP contribution in [-0.2, 0) is 4.74 Å². The normalized spacial score (nSPS) is 20.9. The van der Waals surface area contributed by atoms with Gasteiger partial charge in [-0.2, -0.15) is 0 Å². The number of guanidine groups is 1. The van der Waals surface area contributed by atoms with E-state index in [0.717, 1.165) is 51.6 Å². The van der Waals surface area contributed by atoms with Crippen molar-refractivity contribution in [1.82, 2.24) is 15.1 Å². The molecule has 0 aromatic heterocycles. The highest BCUT2D eigenvalue weighted by Gasteiger charge is 2.21. The van der Waals surface area contributed by atoms with Crippen LogP contribution in [0.5, 0.6) is 0 Å². The van der Waals surface area contributed by atoms with Crippen molar-refractivity contribution in [1.29, 1.82) is 0 Å². The lowest BCUT2D eigenvalue weighted by molar-refractivity contribution is 0.0264. The van der Waals surface area contributed by atoms with Gasteiger partial charge in [-0.15, -0.1) is 24.0 Å². The Kier molecular flexibility index (Phi) is 12.9. The molecule has 0 bridgehead atoms. The van der Waals surface area contributed by atoms with Crippen molar-refractivity contribution in [3.05, 3.63) is 0 Å². The first kappa shape index (κ1) is 23.0. The highest BCUT2D eigenvalue weighted by atomic mass is 127. The maximum absolute atomic E-state index is 5.75. The molecule has 148 valence electrons. The molecule has 25 heavy (non-hydrogen) atoms. The summed E-state index contributed by atoms with van der Waals surface area (Å²) in [6.45, 7) is 12.8. The molecule has 0 spiro atoms. The Balaban J connectivity index is 0.00000312. The molecule has 1 N–H and O–H groups in total. The van der Waals surface area contributed by atoms with Crippen molar-refractivity contribution >= 4 is 29.9 Å². The number of ether oxygens (including phenoxy) is 1. The first-order valence-electron chi connectivity index (χ1n) is 10.2. The van der Waals surface area contributed by atoms with E-state index in [1.165, 1.54) is 51.7 Å². The van der Waals surface area contributed by atoms with E-state index in [1.807, 2.05) is 0 Å². The number of hydrogen-bond acceptors (Lipinski definition) is 3. The van der Waals surface area contributed by atoms with Gasteiger partial charge in [-0.25, -0.2) is 0 Å². The van der Waals surface area contributed by atoms with Crippen LogP contribution in [-0.4, -0.2) is 74.3 Å². The van der Waals surface area contributed by atoms with Crippen LogP contribution in [0.4, 0.5) is 0 Å². The van der Waals surface area contributed by atoms with Gasteiger partial charge < -0.3 is 19.9 Å². The zero-order valence-corrected chi connectivity index (χ0v) is 18.7. The lowest BCUT2D eigenvalue weighted by Gasteiger charge is -2.34. The summed E-state index contributed by atoms with van der Waals surface area (Å²) in [6.07, 6.45) is 9.43. The Bertz CT molecular complexity index is 351. The van der Waals surface area contributed by atoms with Gasteiger partial charge in [-0.05, 0) is 65.6 Å². The summed E-state index contributed by atoms with van der Waals surface area (Å²) in [5.74, 6) is 1.10. The molecule has 6 heteroatoms. The van der Waals surface area contributed by atoms with Crippen molar-refractivity contribution < 1.29 is 4.74 Å². The maximum atomic E-state index is 5.75. The van der Waals surface area contributed by atoms with Crippen LogP contribution >= 0.6 is 24.0 Å². The van der Waals surface area contributed by atoms with E-state index in [9.17, 15) is 0 Å². The molecule has 2 heterocycles. The van der Waals surface area contributed by atoms with Gasteiger partial charge in [-0.3, -0.25) is 4.99 Å². The molecule has 0 aromatic carbocycles. The quantitative estimate of drug-likeness (QED) is 0.271. The van der Waals surface area contributed by atoms with Gasteiger partial charge in [-0.1, -0.05) is 12.8 Å². The van der Waals surface area contributed by atoms with Crippen molar-refractivity contribution in [2.45, 2.75) is 64.9 Å². The molecular weight excluding hydrogens is 427 g/mol. The molecule has 0 radical (unpaired) electrons. The summed E-state index contributed by atoms with van der Waals surface area (Å²) in [4.78, 5) is 9.92. The number of halogens is 1. The molecule has 0 unspecified atom stereocenters. The largest absolute Gasteiger partial charge is 0.378 e. The predicted octanol–water partition coefficient (Wildman–Crippen LogP) is 3.34. The molecule has 0 aromatic rings. The Labute approximate surface area is 172 Å². The zero-order valence-electron chi connectivity index (χ0n) is 16.3. The van der Waals surface area contributed by atoms with Crippen LogP contribution < -0.4 is 5.32 Å². The number of piperidine rings is 1. The first-order valence-corrected chi connectivity index (χ1v) is 10.2. The Hall–Kier alpha value is -0.0800. The number of aliphatic imine (C=N–C) groups is 1. The van der Waals surface area contributed by atoms with Crippen molar-refractivity contribution in [3.8, 4) is 0 Å². The van der Waals surface area contributed by atoms with E-state index in [0.29, 0.717) is 6.10 Å². The molecule has 0 atom stereocenters. The third-order valence-electron chi connectivity index (χ3n) is 5.07. The summed E-state index contributed by atoms with van der Waals surface area (Å²) >= 11 is 0. The van der Waals surface area contributed by atoms with E-state index in [1.54, 1.807) is 0 Å².